The largest absolute Gasteiger partial charge is 0.368 e. The monoisotopic (exact) mass is 349 g/mol. The van der Waals surface area contributed by atoms with E-state index in [1.165, 1.54) is 4.90 Å². The Morgan fingerprint density at radius 1 is 1.43 bits per heavy atom. The summed E-state index contributed by atoms with van der Waals surface area (Å²) in [7, 11) is -3.36. The minimum absolute atomic E-state index is 0.100. The lowest BCUT2D eigenvalue weighted by molar-refractivity contribution is -0.384. The van der Waals surface area contributed by atoms with Crippen LogP contribution in [0, 0.1) is 10.1 Å². The molecule has 1 amide bonds. The van der Waals surface area contributed by atoms with Gasteiger partial charge in [-0.25, -0.2) is 8.42 Å². The molecule has 1 fully saturated rings. The highest BCUT2D eigenvalue weighted by Crippen LogP contribution is 2.31. The molecule has 0 radical (unpaired) electrons. The number of nitrogens with one attached hydrogen (secondary N) is 1. The van der Waals surface area contributed by atoms with Gasteiger partial charge >= 0.3 is 5.76 Å². The van der Waals surface area contributed by atoms with Gasteiger partial charge in [-0.3, -0.25) is 14.9 Å². The van der Waals surface area contributed by atoms with Crippen LogP contribution in [-0.4, -0.2) is 49.5 Å². The van der Waals surface area contributed by atoms with Gasteiger partial charge < -0.3 is 10.2 Å². The molecule has 1 saturated heterocycles. The van der Waals surface area contributed by atoms with Crippen LogP contribution in [-0.2, 0) is 14.6 Å². The molecule has 11 heteroatoms. The zero-order valence-electron chi connectivity index (χ0n) is 11.9. The number of hydrogen-bond acceptors (Lipinski definition) is 6. The first-order valence-corrected chi connectivity index (χ1v) is 8.01. The molecule has 1 aliphatic heterocycles. The van der Waals surface area contributed by atoms with Gasteiger partial charge in [-0.15, -0.1) is 0 Å². The quantitative estimate of drug-likeness (QED) is 0.632. The Morgan fingerprint density at radius 3 is 2.57 bits per heavy atom. The second-order valence-corrected chi connectivity index (χ2v) is 6.90. The van der Waals surface area contributed by atoms with E-state index in [0.29, 0.717) is 19.0 Å². The number of nitro benzene ring substituents is 1. The molecule has 1 aromatic rings. The van der Waals surface area contributed by atoms with Crippen molar-refractivity contribution in [1.82, 2.24) is 4.90 Å². The normalized spacial score (nSPS) is 18.5. The highest BCUT2D eigenvalue weighted by atomic mass is 32.2. The minimum Gasteiger partial charge on any atom is -0.368 e. The van der Waals surface area contributed by atoms with Crippen LogP contribution in [0.25, 0.3) is 0 Å². The van der Waals surface area contributed by atoms with Crippen LogP contribution >= 0.6 is 0 Å². The van der Waals surface area contributed by atoms with Gasteiger partial charge in [0, 0.05) is 19.7 Å². The molecule has 0 bridgehead atoms. The molecule has 8 nitrogen and oxygen atoms in total. The molecule has 1 aliphatic rings. The first-order chi connectivity index (χ1) is 10.6. The van der Waals surface area contributed by atoms with E-state index < -0.39 is 37.1 Å². The van der Waals surface area contributed by atoms with Crippen molar-refractivity contribution in [2.24, 2.45) is 0 Å². The maximum Gasteiger partial charge on any atom is 0.341 e. The summed E-state index contributed by atoms with van der Waals surface area (Å²) in [6.07, 6.45) is 0.420. The van der Waals surface area contributed by atoms with E-state index in [9.17, 15) is 32.1 Å². The van der Waals surface area contributed by atoms with E-state index in [1.54, 1.807) is 7.05 Å². The summed E-state index contributed by atoms with van der Waals surface area (Å²) in [6.45, 7) is 0.474. The molecule has 23 heavy (non-hydrogen) atoms. The Bertz CT molecular complexity index is 753. The number of likely N-dealkylation sites (N-methyl/N-ethyl adjacent to an activating group) is 1. The number of alkyl halides is 2. The van der Waals surface area contributed by atoms with Crippen molar-refractivity contribution in [1.29, 1.82) is 0 Å². The number of carbonyl (C=O) groups excluding carboxylic acids is 1. The van der Waals surface area contributed by atoms with Gasteiger partial charge in [0.1, 0.15) is 11.7 Å². The molecule has 1 N–H and O–H groups in total. The second kappa shape index (κ2) is 6.07. The number of benzene rings is 1. The Morgan fingerprint density at radius 2 is 2.09 bits per heavy atom. The summed E-state index contributed by atoms with van der Waals surface area (Å²) in [4.78, 5) is 22.6. The number of anilines is 1. The average Bonchev–Trinajstić information content (AvgIpc) is 2.79. The maximum absolute atomic E-state index is 12.5. The van der Waals surface area contributed by atoms with Crippen molar-refractivity contribution in [3.05, 3.63) is 28.3 Å². The van der Waals surface area contributed by atoms with Crippen LogP contribution in [0.2, 0.25) is 0 Å². The number of likely N-dealkylation sites (tertiary alicyclic amines) is 1. The summed E-state index contributed by atoms with van der Waals surface area (Å²) < 4.78 is 47.9. The lowest BCUT2D eigenvalue weighted by atomic mass is 10.2. The molecule has 1 atom stereocenters. The van der Waals surface area contributed by atoms with Gasteiger partial charge in [0.25, 0.3) is 5.69 Å². The number of nitrogens with zero attached hydrogens (tertiary/aromatic N) is 2. The van der Waals surface area contributed by atoms with Gasteiger partial charge in [-0.05, 0) is 18.6 Å². The molecule has 2 rings (SSSR count). The predicted molar refractivity (Wildman–Crippen MR) is 76.0 cm³/mol. The molecule has 1 unspecified atom stereocenters. The van der Waals surface area contributed by atoms with Crippen LogP contribution in [0.4, 0.5) is 20.2 Å². The maximum atomic E-state index is 12.5. The Hall–Kier alpha value is -2.30. The lowest BCUT2D eigenvalue weighted by Crippen LogP contribution is -2.31. The Kier molecular flexibility index (Phi) is 4.50. The fourth-order valence-electron chi connectivity index (χ4n) is 2.21. The van der Waals surface area contributed by atoms with Gasteiger partial charge in [-0.2, -0.15) is 8.78 Å². The highest BCUT2D eigenvalue weighted by Gasteiger charge is 2.32. The van der Waals surface area contributed by atoms with Crippen molar-refractivity contribution in [3.8, 4) is 0 Å². The molecule has 0 spiro atoms. The Balaban J connectivity index is 2.38. The van der Waals surface area contributed by atoms with E-state index in [4.69, 9.17) is 0 Å². The minimum atomic E-state index is -4.94. The van der Waals surface area contributed by atoms with Crippen molar-refractivity contribution in [3.63, 3.8) is 0 Å². The number of hydrogen-bond donors (Lipinski definition) is 1. The number of amides is 1. The third-order valence-corrected chi connectivity index (χ3v) is 4.87. The summed E-state index contributed by atoms with van der Waals surface area (Å²) in [6, 6.07) is 1.74. The Labute approximate surface area is 130 Å². The zero-order chi connectivity index (χ0) is 17.4. The van der Waals surface area contributed by atoms with Gasteiger partial charge in [-0.1, -0.05) is 0 Å². The van der Waals surface area contributed by atoms with Gasteiger partial charge in [0.15, 0.2) is 0 Å². The third kappa shape index (κ3) is 3.23. The molecular weight excluding hydrogens is 336 g/mol. The van der Waals surface area contributed by atoms with Crippen molar-refractivity contribution in [2.75, 3.05) is 18.9 Å². The van der Waals surface area contributed by atoms with Crippen LogP contribution < -0.4 is 5.32 Å². The summed E-state index contributed by atoms with van der Waals surface area (Å²) in [5.41, 5.74) is -0.786. The molecule has 0 aromatic heterocycles. The second-order valence-electron chi connectivity index (χ2n) is 4.99. The van der Waals surface area contributed by atoms with Crippen LogP contribution in [0.1, 0.15) is 6.42 Å². The van der Waals surface area contributed by atoms with Crippen molar-refractivity contribution >= 4 is 27.1 Å². The third-order valence-electron chi connectivity index (χ3n) is 3.49. The van der Waals surface area contributed by atoms with Crippen LogP contribution in [0.3, 0.4) is 0 Å². The van der Waals surface area contributed by atoms with Gasteiger partial charge in [0.2, 0.25) is 15.7 Å². The summed E-state index contributed by atoms with van der Waals surface area (Å²) in [5, 5.41) is 13.7. The molecule has 1 heterocycles. The van der Waals surface area contributed by atoms with E-state index in [0.717, 1.165) is 12.1 Å². The van der Waals surface area contributed by atoms with E-state index in [-0.39, 0.29) is 11.6 Å². The topological polar surface area (TPSA) is 110 Å². The first-order valence-electron chi connectivity index (χ1n) is 6.46. The van der Waals surface area contributed by atoms with Gasteiger partial charge in [0.05, 0.1) is 9.82 Å². The fourth-order valence-corrected chi connectivity index (χ4v) is 2.95. The number of sulfone groups is 1. The average molecular weight is 349 g/mol. The first kappa shape index (κ1) is 17.1. The highest BCUT2D eigenvalue weighted by molar-refractivity contribution is 7.91. The van der Waals surface area contributed by atoms with Crippen LogP contribution in [0.5, 0.6) is 0 Å². The standard InChI is InChI=1S/C12H13F2N3O5S/c1-16-5-4-9(11(16)18)15-8-3-2-7(6-10(8)17(19)20)23(21,22)12(13)14/h2-3,6,9,12,15H,4-5H2,1H3. The van der Waals surface area contributed by atoms with E-state index in [1.807, 2.05) is 0 Å². The molecule has 0 saturated carbocycles. The predicted octanol–water partition coefficient (Wildman–Crippen LogP) is 1.23. The van der Waals surface area contributed by atoms with E-state index in [2.05, 4.69) is 5.32 Å². The van der Waals surface area contributed by atoms with Crippen molar-refractivity contribution < 1.29 is 26.9 Å². The number of carbonyl (C=O) groups is 1. The van der Waals surface area contributed by atoms with Crippen LogP contribution in [0.15, 0.2) is 23.1 Å². The zero-order valence-corrected chi connectivity index (χ0v) is 12.7. The van der Waals surface area contributed by atoms with Crippen molar-refractivity contribution in [2.45, 2.75) is 23.1 Å². The van der Waals surface area contributed by atoms with E-state index >= 15 is 0 Å². The smallest absolute Gasteiger partial charge is 0.341 e. The fraction of sp³-hybridized carbons (Fsp3) is 0.417. The molecule has 1 aromatic carbocycles. The number of halogens is 2. The summed E-state index contributed by atoms with van der Waals surface area (Å²) in [5.74, 6) is -3.94. The lowest BCUT2D eigenvalue weighted by Gasteiger charge is -2.14. The molecule has 126 valence electrons. The molecule has 0 aliphatic carbocycles. The summed E-state index contributed by atoms with van der Waals surface area (Å²) >= 11 is 0. The number of nitro groups is 1. The number of rotatable bonds is 5. The molecular formula is C12H13F2N3O5S. The SMILES string of the molecule is CN1CCC(Nc2ccc(S(=O)(=O)C(F)F)cc2[N+](=O)[O-])C1=O.